The first-order valence-corrected chi connectivity index (χ1v) is 10.6. The van der Waals surface area contributed by atoms with Crippen LogP contribution in [0.4, 0.5) is 0 Å². The minimum Gasteiger partial charge on any atom is -0.489 e. The number of aliphatic hydroxyl groups is 1. The lowest BCUT2D eigenvalue weighted by Gasteiger charge is -2.43. The highest BCUT2D eigenvalue weighted by molar-refractivity contribution is 5.94. The number of hydrogen-bond donors (Lipinski definition) is 2. The first kappa shape index (κ1) is 19.9. The minimum absolute atomic E-state index is 0.0471. The van der Waals surface area contributed by atoms with Crippen LogP contribution in [0.1, 0.15) is 41.6 Å². The molecule has 2 aliphatic rings. The quantitative estimate of drug-likeness (QED) is 0.817. The summed E-state index contributed by atoms with van der Waals surface area (Å²) in [7, 11) is 0. The van der Waals surface area contributed by atoms with Crippen molar-refractivity contribution < 1.29 is 14.6 Å². The maximum atomic E-state index is 13.0. The molecule has 0 radical (unpaired) electrons. The van der Waals surface area contributed by atoms with Gasteiger partial charge >= 0.3 is 0 Å². The van der Waals surface area contributed by atoms with Gasteiger partial charge in [-0.25, -0.2) is 0 Å². The Hall–Kier alpha value is -2.37. The molecule has 2 saturated heterocycles. The molecule has 29 heavy (non-hydrogen) atoms. The zero-order valence-corrected chi connectivity index (χ0v) is 16.8. The fourth-order valence-corrected chi connectivity index (χ4v) is 4.53. The Morgan fingerprint density at radius 2 is 1.79 bits per heavy atom. The van der Waals surface area contributed by atoms with Crippen molar-refractivity contribution in [2.45, 2.75) is 37.9 Å². The third kappa shape index (κ3) is 4.80. The number of likely N-dealkylation sites (tertiary alicyclic amines) is 1. The Labute approximate surface area is 172 Å². The highest BCUT2D eigenvalue weighted by atomic mass is 16.5. The molecule has 0 unspecified atom stereocenters. The largest absolute Gasteiger partial charge is 0.489 e. The van der Waals surface area contributed by atoms with Crippen LogP contribution in [0.25, 0.3) is 0 Å². The van der Waals surface area contributed by atoms with Crippen molar-refractivity contribution in [3.8, 4) is 5.75 Å². The second-order valence-corrected chi connectivity index (χ2v) is 8.22. The fraction of sp³-hybridized carbons (Fsp3) is 0.458. The van der Waals surface area contributed by atoms with Crippen LogP contribution in [0, 0.1) is 5.92 Å². The number of rotatable bonds is 5. The average molecular weight is 395 g/mol. The van der Waals surface area contributed by atoms with Crippen molar-refractivity contribution in [1.82, 2.24) is 10.2 Å². The third-order valence-corrected chi connectivity index (χ3v) is 6.34. The van der Waals surface area contributed by atoms with Gasteiger partial charge in [-0.05, 0) is 68.5 Å². The number of piperidine rings is 2. The van der Waals surface area contributed by atoms with Crippen molar-refractivity contribution in [3.63, 3.8) is 0 Å². The SMILES string of the molecule is O=C(c1cccc(OCc2ccccc2)c1)N1CCC(C2(O)CCNCC2)CC1. The standard InChI is InChI=1S/C24H30N2O3/c27-23(26-15-9-21(10-16-26)24(28)11-13-25-14-12-24)20-7-4-8-22(17-20)29-18-19-5-2-1-3-6-19/h1-8,17,21,25,28H,9-16,18H2. The number of benzene rings is 2. The molecule has 0 aliphatic carbocycles. The summed E-state index contributed by atoms with van der Waals surface area (Å²) in [6.45, 7) is 3.65. The summed E-state index contributed by atoms with van der Waals surface area (Å²) in [6, 6.07) is 17.4. The molecule has 0 aromatic heterocycles. The van der Waals surface area contributed by atoms with E-state index in [0.717, 1.165) is 44.3 Å². The molecule has 0 saturated carbocycles. The lowest BCUT2D eigenvalue weighted by atomic mass is 9.75. The molecule has 5 nitrogen and oxygen atoms in total. The number of ether oxygens (including phenoxy) is 1. The van der Waals surface area contributed by atoms with E-state index in [1.54, 1.807) is 0 Å². The van der Waals surface area contributed by atoms with Gasteiger partial charge in [-0.2, -0.15) is 0 Å². The number of amides is 1. The van der Waals surface area contributed by atoms with Gasteiger partial charge < -0.3 is 20.1 Å². The van der Waals surface area contributed by atoms with Crippen LogP contribution in [0.3, 0.4) is 0 Å². The molecular formula is C24H30N2O3. The zero-order chi connectivity index (χ0) is 20.1. The first-order chi connectivity index (χ1) is 14.1. The lowest BCUT2D eigenvalue weighted by Crippen LogP contribution is -2.51. The number of nitrogens with zero attached hydrogens (tertiary/aromatic N) is 1. The van der Waals surface area contributed by atoms with E-state index in [2.05, 4.69) is 5.32 Å². The second-order valence-electron chi connectivity index (χ2n) is 8.22. The van der Waals surface area contributed by atoms with E-state index in [9.17, 15) is 9.90 Å². The highest BCUT2D eigenvalue weighted by Gasteiger charge is 2.39. The Morgan fingerprint density at radius 3 is 2.52 bits per heavy atom. The molecule has 1 amide bonds. The molecule has 2 fully saturated rings. The van der Waals surface area contributed by atoms with Crippen LogP contribution in [0.5, 0.6) is 5.75 Å². The molecular weight excluding hydrogens is 364 g/mol. The molecule has 0 bridgehead atoms. The molecule has 2 aliphatic heterocycles. The highest BCUT2D eigenvalue weighted by Crippen LogP contribution is 2.35. The van der Waals surface area contributed by atoms with Crippen molar-refractivity contribution in [3.05, 3.63) is 65.7 Å². The van der Waals surface area contributed by atoms with E-state index in [4.69, 9.17) is 4.74 Å². The summed E-state index contributed by atoms with van der Waals surface area (Å²) >= 11 is 0. The molecule has 0 spiro atoms. The van der Waals surface area contributed by atoms with E-state index in [-0.39, 0.29) is 11.8 Å². The van der Waals surface area contributed by atoms with Gasteiger partial charge in [0.05, 0.1) is 5.60 Å². The fourth-order valence-electron chi connectivity index (χ4n) is 4.53. The third-order valence-electron chi connectivity index (χ3n) is 6.34. The predicted octanol–water partition coefficient (Wildman–Crippen LogP) is 3.23. The van der Waals surface area contributed by atoms with Crippen molar-refractivity contribution in [1.29, 1.82) is 0 Å². The Bertz CT molecular complexity index is 810. The summed E-state index contributed by atoms with van der Waals surface area (Å²) < 4.78 is 5.87. The zero-order valence-electron chi connectivity index (χ0n) is 16.8. The molecule has 5 heteroatoms. The molecule has 2 heterocycles. The average Bonchev–Trinajstić information content (AvgIpc) is 2.79. The van der Waals surface area contributed by atoms with Crippen LogP contribution >= 0.6 is 0 Å². The Morgan fingerprint density at radius 1 is 1.07 bits per heavy atom. The van der Waals surface area contributed by atoms with E-state index >= 15 is 0 Å². The van der Waals surface area contributed by atoms with Gasteiger partial charge in [0.2, 0.25) is 0 Å². The Kier molecular flexibility index (Phi) is 6.16. The van der Waals surface area contributed by atoms with Crippen LogP contribution in [0.2, 0.25) is 0 Å². The van der Waals surface area contributed by atoms with Crippen LogP contribution in [-0.2, 0) is 6.61 Å². The van der Waals surface area contributed by atoms with Crippen LogP contribution in [0.15, 0.2) is 54.6 Å². The smallest absolute Gasteiger partial charge is 0.253 e. The van der Waals surface area contributed by atoms with Crippen LogP contribution < -0.4 is 10.1 Å². The second kappa shape index (κ2) is 8.97. The normalized spacial score (nSPS) is 19.7. The van der Waals surface area contributed by atoms with Gasteiger partial charge in [-0.1, -0.05) is 36.4 Å². The molecule has 0 atom stereocenters. The van der Waals surface area contributed by atoms with Gasteiger partial charge in [0.1, 0.15) is 12.4 Å². The van der Waals surface area contributed by atoms with Gasteiger partial charge in [0.15, 0.2) is 0 Å². The summed E-state index contributed by atoms with van der Waals surface area (Å²) in [5.74, 6) is 1.04. The monoisotopic (exact) mass is 394 g/mol. The summed E-state index contributed by atoms with van der Waals surface area (Å²) in [5, 5.41) is 14.3. The number of carbonyl (C=O) groups is 1. The first-order valence-electron chi connectivity index (χ1n) is 10.6. The summed E-state index contributed by atoms with van der Waals surface area (Å²) in [6.07, 6.45) is 3.36. The van der Waals surface area contributed by atoms with Gasteiger partial charge in [-0.15, -0.1) is 0 Å². The minimum atomic E-state index is -0.564. The number of nitrogens with one attached hydrogen (secondary N) is 1. The van der Waals surface area contributed by atoms with Crippen molar-refractivity contribution in [2.24, 2.45) is 5.92 Å². The van der Waals surface area contributed by atoms with Gasteiger partial charge in [-0.3, -0.25) is 4.79 Å². The maximum Gasteiger partial charge on any atom is 0.253 e. The number of hydrogen-bond acceptors (Lipinski definition) is 4. The summed E-state index contributed by atoms with van der Waals surface area (Å²) in [4.78, 5) is 14.9. The molecule has 4 rings (SSSR count). The van der Waals surface area contributed by atoms with E-state index in [0.29, 0.717) is 31.0 Å². The predicted molar refractivity (Wildman–Crippen MR) is 113 cm³/mol. The lowest BCUT2D eigenvalue weighted by molar-refractivity contribution is -0.0617. The van der Waals surface area contributed by atoms with Crippen molar-refractivity contribution in [2.75, 3.05) is 26.2 Å². The molecule has 2 N–H and O–H groups in total. The molecule has 154 valence electrons. The Balaban J connectivity index is 1.34. The molecule has 2 aromatic rings. The van der Waals surface area contributed by atoms with Gasteiger partial charge in [0, 0.05) is 18.7 Å². The number of carbonyl (C=O) groups excluding carboxylic acids is 1. The van der Waals surface area contributed by atoms with Crippen molar-refractivity contribution >= 4 is 5.91 Å². The van der Waals surface area contributed by atoms with Gasteiger partial charge in [0.25, 0.3) is 5.91 Å². The molecule has 2 aromatic carbocycles. The van der Waals surface area contributed by atoms with Crippen LogP contribution in [-0.4, -0.2) is 47.7 Å². The van der Waals surface area contributed by atoms with E-state index in [1.807, 2.05) is 59.5 Å². The van der Waals surface area contributed by atoms with E-state index in [1.165, 1.54) is 0 Å². The maximum absolute atomic E-state index is 13.0. The summed E-state index contributed by atoms with van der Waals surface area (Å²) in [5.41, 5.74) is 1.20. The van der Waals surface area contributed by atoms with E-state index < -0.39 is 5.60 Å². The topological polar surface area (TPSA) is 61.8 Å².